The minimum Gasteiger partial charge on any atom is -0.400 e. The van der Waals surface area contributed by atoms with Crippen molar-refractivity contribution in [1.29, 1.82) is 0 Å². The Morgan fingerprint density at radius 1 is 1.05 bits per heavy atom. The van der Waals surface area contributed by atoms with Gasteiger partial charge in [-0.2, -0.15) is 0 Å². The topological polar surface area (TPSA) is 60.7 Å². The van der Waals surface area contributed by atoms with Gasteiger partial charge in [-0.3, -0.25) is 0 Å². The molecule has 0 atom stereocenters. The summed E-state index contributed by atoms with van der Waals surface area (Å²) >= 11 is 0. The Hall–Kier alpha value is 0.0743. The molecule has 0 aromatic rings. The predicted octanol–water partition coefficient (Wildman–Crippen LogP) is 3.30. The van der Waals surface area contributed by atoms with Crippen LogP contribution in [0.2, 0.25) is 0 Å². The summed E-state index contributed by atoms with van der Waals surface area (Å²) in [5.74, 6) is 0.800. The molecular weight excluding hydrogens is 288 g/mol. The van der Waals surface area contributed by atoms with Crippen LogP contribution in [0.5, 0.6) is 0 Å². The van der Waals surface area contributed by atoms with Crippen molar-refractivity contribution in [2.45, 2.75) is 52.9 Å². The van der Waals surface area contributed by atoms with E-state index in [0.717, 1.165) is 27.2 Å². The molecule has 1 rings (SSSR count). The van der Waals surface area contributed by atoms with Crippen LogP contribution in [0.15, 0.2) is 23.3 Å². The first-order valence-corrected chi connectivity index (χ1v) is 6.95. The molecule has 3 nitrogen and oxygen atoms in total. The first kappa shape index (κ1) is 28.3. The summed E-state index contributed by atoms with van der Waals surface area (Å²) in [7, 11) is 3.00. The number of aliphatic hydroxyl groups excluding tert-OH is 3. The molecule has 0 saturated heterocycles. The minimum atomic E-state index is 0. The van der Waals surface area contributed by atoms with Crippen LogP contribution >= 0.6 is 0 Å². The standard InChI is InChI=1S/C13H22.3CH4O.Ti/c1-4-5-7-12-8-6-9-13(12)10-11(2)3;3*1-2;/h6,9,11H,4-5,7-8,10H2,1-3H3;3*2H,1H3;. The van der Waals surface area contributed by atoms with E-state index in [0.29, 0.717) is 0 Å². The zero-order valence-corrected chi connectivity index (χ0v) is 15.7. The fourth-order valence-corrected chi connectivity index (χ4v) is 1.90. The van der Waals surface area contributed by atoms with Crippen LogP contribution in [0.25, 0.3) is 0 Å². The predicted molar refractivity (Wildman–Crippen MR) is 84.2 cm³/mol. The van der Waals surface area contributed by atoms with Gasteiger partial charge in [-0.25, -0.2) is 0 Å². The van der Waals surface area contributed by atoms with Crippen molar-refractivity contribution >= 4 is 0 Å². The summed E-state index contributed by atoms with van der Waals surface area (Å²) in [6, 6.07) is 0. The van der Waals surface area contributed by atoms with Gasteiger partial charge in [0.15, 0.2) is 0 Å². The van der Waals surface area contributed by atoms with E-state index in [2.05, 4.69) is 32.9 Å². The zero-order chi connectivity index (χ0) is 15.7. The molecule has 120 valence electrons. The van der Waals surface area contributed by atoms with E-state index in [-0.39, 0.29) is 21.7 Å². The Morgan fingerprint density at radius 2 is 1.55 bits per heavy atom. The minimum absolute atomic E-state index is 0. The molecule has 4 heteroatoms. The van der Waals surface area contributed by atoms with E-state index in [1.165, 1.54) is 32.1 Å². The molecule has 20 heavy (non-hydrogen) atoms. The van der Waals surface area contributed by atoms with Gasteiger partial charge in [-0.1, -0.05) is 44.9 Å². The second kappa shape index (κ2) is 24.1. The Balaban J connectivity index is -0.000000162. The van der Waals surface area contributed by atoms with Crippen molar-refractivity contribution < 1.29 is 37.0 Å². The van der Waals surface area contributed by atoms with Gasteiger partial charge in [-0.05, 0) is 37.2 Å². The van der Waals surface area contributed by atoms with Gasteiger partial charge in [0.25, 0.3) is 0 Å². The summed E-state index contributed by atoms with van der Waals surface area (Å²) in [5, 5.41) is 21.0. The SMILES string of the molecule is CCCCC1=C(CC(C)C)C=CC1.CO.CO.CO.[Ti]. The maximum absolute atomic E-state index is 7.00. The summed E-state index contributed by atoms with van der Waals surface area (Å²) in [6.07, 6.45) is 11.2. The molecule has 0 spiro atoms. The van der Waals surface area contributed by atoms with Gasteiger partial charge in [0, 0.05) is 43.0 Å². The van der Waals surface area contributed by atoms with E-state index in [1.807, 2.05) is 0 Å². The first-order chi connectivity index (χ1) is 9.24. The zero-order valence-electron chi connectivity index (χ0n) is 14.1. The first-order valence-electron chi connectivity index (χ1n) is 6.95. The van der Waals surface area contributed by atoms with Crippen LogP contribution in [0.3, 0.4) is 0 Å². The summed E-state index contributed by atoms with van der Waals surface area (Å²) in [6.45, 7) is 6.87. The number of allylic oxidation sites excluding steroid dienone is 4. The molecule has 0 aromatic carbocycles. The van der Waals surface area contributed by atoms with Gasteiger partial charge in [-0.15, -0.1) is 0 Å². The molecule has 0 heterocycles. The Labute approximate surface area is 140 Å². The van der Waals surface area contributed by atoms with E-state index in [1.54, 1.807) is 11.1 Å². The third-order valence-corrected chi connectivity index (χ3v) is 2.60. The van der Waals surface area contributed by atoms with Crippen molar-refractivity contribution in [3.05, 3.63) is 23.3 Å². The number of aliphatic hydroxyl groups is 3. The Morgan fingerprint density at radius 3 is 1.95 bits per heavy atom. The van der Waals surface area contributed by atoms with E-state index in [4.69, 9.17) is 15.3 Å². The van der Waals surface area contributed by atoms with E-state index in [9.17, 15) is 0 Å². The van der Waals surface area contributed by atoms with Crippen LogP contribution in [-0.2, 0) is 21.7 Å². The molecule has 0 bridgehead atoms. The van der Waals surface area contributed by atoms with Crippen molar-refractivity contribution in [2.24, 2.45) is 5.92 Å². The maximum Gasteiger partial charge on any atom is 0.0319 e. The third kappa shape index (κ3) is 16.1. The molecule has 1 aliphatic rings. The molecule has 0 saturated carbocycles. The summed E-state index contributed by atoms with van der Waals surface area (Å²) in [5.41, 5.74) is 3.33. The average molecular weight is 322 g/mol. The summed E-state index contributed by atoms with van der Waals surface area (Å²) < 4.78 is 0. The fraction of sp³-hybridized carbons (Fsp3) is 0.750. The molecule has 0 fully saturated rings. The van der Waals surface area contributed by atoms with Gasteiger partial charge in [0.1, 0.15) is 0 Å². The molecular formula is C16H34O3Ti. The quantitative estimate of drug-likeness (QED) is 0.681. The molecule has 1 aliphatic carbocycles. The third-order valence-electron chi connectivity index (χ3n) is 2.60. The fourth-order valence-electron chi connectivity index (χ4n) is 1.90. The molecule has 3 N–H and O–H groups in total. The largest absolute Gasteiger partial charge is 0.400 e. The van der Waals surface area contributed by atoms with Crippen LogP contribution in [0, 0.1) is 5.92 Å². The second-order valence-corrected chi connectivity index (χ2v) is 4.44. The smallest absolute Gasteiger partial charge is 0.0319 e. The molecule has 0 aliphatic heterocycles. The normalized spacial score (nSPS) is 11.5. The van der Waals surface area contributed by atoms with Crippen LogP contribution in [0.1, 0.15) is 52.9 Å². The van der Waals surface area contributed by atoms with Gasteiger partial charge in [0.2, 0.25) is 0 Å². The van der Waals surface area contributed by atoms with Crippen LogP contribution < -0.4 is 0 Å². The molecule has 0 aromatic heterocycles. The van der Waals surface area contributed by atoms with Crippen LogP contribution in [0.4, 0.5) is 0 Å². The van der Waals surface area contributed by atoms with E-state index < -0.39 is 0 Å². The number of hydrogen-bond donors (Lipinski definition) is 3. The summed E-state index contributed by atoms with van der Waals surface area (Å²) in [4.78, 5) is 0. The number of rotatable bonds is 5. The monoisotopic (exact) mass is 322 g/mol. The van der Waals surface area contributed by atoms with Gasteiger partial charge in [0.05, 0.1) is 0 Å². The Kier molecular flexibility index (Phi) is 34.1. The van der Waals surface area contributed by atoms with Gasteiger partial charge >= 0.3 is 0 Å². The molecule has 0 amide bonds. The number of hydrogen-bond acceptors (Lipinski definition) is 3. The second-order valence-electron chi connectivity index (χ2n) is 4.44. The molecule has 0 radical (unpaired) electrons. The average Bonchev–Trinajstić information content (AvgIpc) is 2.89. The van der Waals surface area contributed by atoms with E-state index >= 15 is 0 Å². The molecule has 0 unspecified atom stereocenters. The van der Waals surface area contributed by atoms with Crippen molar-refractivity contribution in [2.75, 3.05) is 21.3 Å². The van der Waals surface area contributed by atoms with Crippen LogP contribution in [-0.4, -0.2) is 36.6 Å². The number of unbranched alkanes of at least 4 members (excludes halogenated alkanes) is 1. The van der Waals surface area contributed by atoms with Crippen molar-refractivity contribution in [3.63, 3.8) is 0 Å². The maximum atomic E-state index is 7.00. The van der Waals surface area contributed by atoms with Crippen molar-refractivity contribution in [3.8, 4) is 0 Å². The van der Waals surface area contributed by atoms with Crippen molar-refractivity contribution in [1.82, 2.24) is 0 Å². The Bertz CT molecular complexity index is 224. The van der Waals surface area contributed by atoms with Gasteiger partial charge < -0.3 is 15.3 Å².